The second-order valence-electron chi connectivity index (χ2n) is 6.17. The summed E-state index contributed by atoms with van der Waals surface area (Å²) in [5.41, 5.74) is 0. The molecule has 0 bridgehead atoms. The van der Waals surface area contributed by atoms with Crippen LogP contribution >= 0.6 is 0 Å². The summed E-state index contributed by atoms with van der Waals surface area (Å²) < 4.78 is 5.13. The van der Waals surface area contributed by atoms with Crippen molar-refractivity contribution < 1.29 is 19.4 Å². The molecular weight excluding hydrogens is 260 g/mol. The third-order valence-electron chi connectivity index (χ3n) is 4.65. The quantitative estimate of drug-likeness (QED) is 0.727. The third kappa shape index (κ3) is 3.62. The van der Waals surface area contributed by atoms with Crippen LogP contribution in [0.2, 0.25) is 0 Å². The fraction of sp³-hybridized carbons (Fsp3) is 0.857. The van der Waals surface area contributed by atoms with Gasteiger partial charge in [-0.25, -0.2) is 4.79 Å². The lowest BCUT2D eigenvalue weighted by Crippen LogP contribution is -2.51. The van der Waals surface area contributed by atoms with Crippen LogP contribution in [-0.4, -0.2) is 42.4 Å². The van der Waals surface area contributed by atoms with Crippen LogP contribution in [0.5, 0.6) is 0 Å². The zero-order chi connectivity index (χ0) is 14.7. The number of hydrogen-bond acceptors (Lipinski definition) is 3. The molecule has 3 N–H and O–H groups in total. The molecule has 1 saturated carbocycles. The van der Waals surface area contributed by atoms with Crippen LogP contribution < -0.4 is 10.6 Å². The fourth-order valence-electron chi connectivity index (χ4n) is 3.01. The topological polar surface area (TPSA) is 87.7 Å². The highest BCUT2D eigenvalue weighted by Crippen LogP contribution is 2.29. The number of ether oxygens (including phenoxy) is 1. The summed E-state index contributed by atoms with van der Waals surface area (Å²) >= 11 is 0. The van der Waals surface area contributed by atoms with Crippen LogP contribution in [-0.2, 0) is 9.53 Å². The molecule has 114 valence electrons. The Kier molecular flexibility index (Phi) is 4.86. The Morgan fingerprint density at radius 1 is 1.10 bits per heavy atom. The number of carboxylic acid groups (broad SMARTS) is 1. The van der Waals surface area contributed by atoms with Gasteiger partial charge >= 0.3 is 12.0 Å². The predicted octanol–water partition coefficient (Wildman–Crippen LogP) is 1.21. The highest BCUT2D eigenvalue weighted by atomic mass is 16.5. The van der Waals surface area contributed by atoms with Crippen molar-refractivity contribution in [2.24, 2.45) is 17.8 Å². The standard InChI is InChI=1S/C14H24N2O4/c1-8-3-4-10(5-9(8)2)15-14(19)16-12-7-20-6-11(12)13(17)18/h8-12H,3-7H2,1-2H3,(H,17,18)(H2,15,16,19). The lowest BCUT2D eigenvalue weighted by Gasteiger charge is -2.32. The van der Waals surface area contributed by atoms with E-state index in [9.17, 15) is 9.59 Å². The smallest absolute Gasteiger partial charge is 0.315 e. The summed E-state index contributed by atoms with van der Waals surface area (Å²) in [7, 11) is 0. The molecule has 1 aliphatic carbocycles. The van der Waals surface area contributed by atoms with Gasteiger partial charge in [0.05, 0.1) is 19.3 Å². The van der Waals surface area contributed by atoms with Crippen molar-refractivity contribution in [1.82, 2.24) is 10.6 Å². The fourth-order valence-corrected chi connectivity index (χ4v) is 3.01. The van der Waals surface area contributed by atoms with Gasteiger partial charge in [0.1, 0.15) is 5.92 Å². The van der Waals surface area contributed by atoms with Gasteiger partial charge in [-0.2, -0.15) is 0 Å². The number of aliphatic carboxylic acids is 1. The zero-order valence-corrected chi connectivity index (χ0v) is 12.1. The molecule has 0 aromatic rings. The average Bonchev–Trinajstić information content (AvgIpc) is 2.82. The van der Waals surface area contributed by atoms with Crippen molar-refractivity contribution in [2.75, 3.05) is 13.2 Å². The van der Waals surface area contributed by atoms with E-state index < -0.39 is 17.9 Å². The van der Waals surface area contributed by atoms with Gasteiger partial charge in [0.15, 0.2) is 0 Å². The molecule has 1 saturated heterocycles. The van der Waals surface area contributed by atoms with Crippen molar-refractivity contribution in [3.8, 4) is 0 Å². The van der Waals surface area contributed by atoms with Gasteiger partial charge in [0, 0.05) is 6.04 Å². The lowest BCUT2D eigenvalue weighted by molar-refractivity contribution is -0.142. The van der Waals surface area contributed by atoms with Crippen molar-refractivity contribution >= 4 is 12.0 Å². The molecule has 0 aromatic heterocycles. The Bertz CT molecular complexity index is 374. The van der Waals surface area contributed by atoms with Crippen LogP contribution in [0, 0.1) is 17.8 Å². The van der Waals surface area contributed by atoms with Crippen LogP contribution in [0.25, 0.3) is 0 Å². The zero-order valence-electron chi connectivity index (χ0n) is 12.1. The molecule has 5 unspecified atom stereocenters. The van der Waals surface area contributed by atoms with Gasteiger partial charge in [-0.3, -0.25) is 4.79 Å². The van der Waals surface area contributed by atoms with Crippen LogP contribution in [0.4, 0.5) is 4.79 Å². The highest BCUT2D eigenvalue weighted by molar-refractivity contribution is 5.77. The maximum atomic E-state index is 12.0. The Hall–Kier alpha value is -1.30. The lowest BCUT2D eigenvalue weighted by atomic mass is 9.79. The van der Waals surface area contributed by atoms with E-state index in [-0.39, 0.29) is 25.3 Å². The summed E-state index contributed by atoms with van der Waals surface area (Å²) in [6.07, 6.45) is 3.09. The van der Waals surface area contributed by atoms with Crippen LogP contribution in [0.15, 0.2) is 0 Å². The molecule has 0 aromatic carbocycles. The second-order valence-corrected chi connectivity index (χ2v) is 6.17. The number of carboxylic acids is 1. The highest BCUT2D eigenvalue weighted by Gasteiger charge is 2.35. The first-order valence-corrected chi connectivity index (χ1v) is 7.35. The van der Waals surface area contributed by atoms with Crippen LogP contribution in [0.3, 0.4) is 0 Å². The predicted molar refractivity (Wildman–Crippen MR) is 73.4 cm³/mol. The van der Waals surface area contributed by atoms with E-state index in [2.05, 4.69) is 24.5 Å². The van der Waals surface area contributed by atoms with Gasteiger partial charge in [0.25, 0.3) is 0 Å². The summed E-state index contributed by atoms with van der Waals surface area (Å²) in [5, 5.41) is 14.7. The van der Waals surface area contributed by atoms with Crippen molar-refractivity contribution in [2.45, 2.75) is 45.2 Å². The molecule has 2 amide bonds. The van der Waals surface area contributed by atoms with Gasteiger partial charge in [-0.15, -0.1) is 0 Å². The molecule has 0 spiro atoms. The monoisotopic (exact) mass is 284 g/mol. The van der Waals surface area contributed by atoms with Crippen molar-refractivity contribution in [1.29, 1.82) is 0 Å². The Labute approximate surface area is 119 Å². The normalized spacial score (nSPS) is 37.4. The summed E-state index contributed by atoms with van der Waals surface area (Å²) in [6, 6.07) is -0.530. The van der Waals surface area contributed by atoms with Gasteiger partial charge < -0.3 is 20.5 Å². The molecule has 2 rings (SSSR count). The molecule has 6 nitrogen and oxygen atoms in total. The minimum absolute atomic E-state index is 0.165. The summed E-state index contributed by atoms with van der Waals surface area (Å²) in [5.74, 6) is -0.259. The minimum Gasteiger partial charge on any atom is -0.481 e. The summed E-state index contributed by atoms with van der Waals surface area (Å²) in [6.45, 7) is 4.89. The first-order valence-electron chi connectivity index (χ1n) is 7.35. The molecule has 6 heteroatoms. The number of amides is 2. The van der Waals surface area contributed by atoms with E-state index in [1.807, 2.05) is 0 Å². The second kappa shape index (κ2) is 6.43. The number of carbonyl (C=O) groups is 2. The molecule has 2 aliphatic rings. The maximum absolute atomic E-state index is 12.0. The van der Waals surface area contributed by atoms with Crippen molar-refractivity contribution in [3.63, 3.8) is 0 Å². The third-order valence-corrected chi connectivity index (χ3v) is 4.65. The number of rotatable bonds is 3. The molecular formula is C14H24N2O4. The molecule has 20 heavy (non-hydrogen) atoms. The van der Waals surface area contributed by atoms with Gasteiger partial charge in [-0.05, 0) is 31.1 Å². The van der Waals surface area contributed by atoms with Crippen molar-refractivity contribution in [3.05, 3.63) is 0 Å². The summed E-state index contributed by atoms with van der Waals surface area (Å²) in [4.78, 5) is 23.0. The number of nitrogens with one attached hydrogen (secondary N) is 2. The largest absolute Gasteiger partial charge is 0.481 e. The molecule has 5 atom stereocenters. The molecule has 0 radical (unpaired) electrons. The first kappa shape index (κ1) is 15.1. The SMILES string of the molecule is CC1CCC(NC(=O)NC2COCC2C(=O)O)CC1C. The molecule has 1 aliphatic heterocycles. The minimum atomic E-state index is -0.923. The van der Waals surface area contributed by atoms with E-state index >= 15 is 0 Å². The van der Waals surface area contributed by atoms with E-state index in [4.69, 9.17) is 9.84 Å². The van der Waals surface area contributed by atoms with E-state index in [1.165, 1.54) is 0 Å². The molecule has 2 fully saturated rings. The first-order chi connectivity index (χ1) is 9.47. The maximum Gasteiger partial charge on any atom is 0.315 e. The number of urea groups is 1. The number of hydrogen-bond donors (Lipinski definition) is 3. The van der Waals surface area contributed by atoms with E-state index in [0.717, 1.165) is 19.3 Å². The Morgan fingerprint density at radius 3 is 2.50 bits per heavy atom. The molecule has 1 heterocycles. The Balaban J connectivity index is 1.79. The van der Waals surface area contributed by atoms with Gasteiger partial charge in [-0.1, -0.05) is 13.8 Å². The van der Waals surface area contributed by atoms with Gasteiger partial charge in [0.2, 0.25) is 0 Å². The van der Waals surface area contributed by atoms with E-state index in [1.54, 1.807) is 0 Å². The number of carbonyl (C=O) groups excluding carboxylic acids is 1. The average molecular weight is 284 g/mol. The Morgan fingerprint density at radius 2 is 1.85 bits per heavy atom. The van der Waals surface area contributed by atoms with Crippen LogP contribution in [0.1, 0.15) is 33.1 Å². The van der Waals surface area contributed by atoms with E-state index in [0.29, 0.717) is 11.8 Å².